The van der Waals surface area contributed by atoms with Gasteiger partial charge in [-0.1, -0.05) is 19.1 Å². The van der Waals surface area contributed by atoms with Crippen LogP contribution in [-0.4, -0.2) is 40.6 Å². The molecule has 138 valence electrons. The third-order valence-electron chi connectivity index (χ3n) is 5.26. The van der Waals surface area contributed by atoms with Crippen molar-refractivity contribution in [3.8, 4) is 0 Å². The van der Waals surface area contributed by atoms with E-state index >= 15 is 0 Å². The third kappa shape index (κ3) is 3.34. The molecule has 0 atom stereocenters. The van der Waals surface area contributed by atoms with Gasteiger partial charge in [-0.05, 0) is 50.7 Å². The lowest BCUT2D eigenvalue weighted by Crippen LogP contribution is -2.49. The van der Waals surface area contributed by atoms with Gasteiger partial charge in [0.15, 0.2) is 5.78 Å². The summed E-state index contributed by atoms with van der Waals surface area (Å²) in [6.07, 6.45) is 2.95. The maximum Gasteiger partial charge on any atom is 0.325 e. The highest BCUT2D eigenvalue weighted by molar-refractivity contribution is 6.11. The smallest absolute Gasteiger partial charge is 0.324 e. The van der Waals surface area contributed by atoms with Gasteiger partial charge in [0.05, 0.1) is 5.69 Å². The van der Waals surface area contributed by atoms with E-state index in [-0.39, 0.29) is 18.2 Å². The average molecular weight is 357 g/mol. The second-order valence-corrected chi connectivity index (χ2v) is 7.24. The zero-order chi connectivity index (χ0) is 18.9. The number of anilines is 1. The molecule has 2 aliphatic rings. The van der Waals surface area contributed by atoms with Crippen molar-refractivity contribution < 1.29 is 19.2 Å². The standard InChI is InChI=1S/C19H23N3O4/c1-12-7-9-19(10-8-12)17(25)22(18(26)21-19)11-16(24)20-15-6-4-3-5-14(15)13(2)23/h3-6,12H,7-11H2,1-2H3,(H,20,24)(H,21,26). The first-order chi connectivity index (χ1) is 12.3. The minimum Gasteiger partial charge on any atom is -0.324 e. The number of ketones is 1. The molecule has 3 rings (SSSR count). The summed E-state index contributed by atoms with van der Waals surface area (Å²) in [6.45, 7) is 3.18. The van der Waals surface area contributed by atoms with Crippen LogP contribution in [0.1, 0.15) is 49.9 Å². The zero-order valence-corrected chi connectivity index (χ0v) is 15.0. The monoisotopic (exact) mass is 357 g/mol. The van der Waals surface area contributed by atoms with E-state index in [0.29, 0.717) is 30.0 Å². The van der Waals surface area contributed by atoms with Crippen LogP contribution < -0.4 is 10.6 Å². The van der Waals surface area contributed by atoms with E-state index < -0.39 is 17.5 Å². The molecule has 7 heteroatoms. The van der Waals surface area contributed by atoms with Gasteiger partial charge in [0, 0.05) is 5.56 Å². The Labute approximate surface area is 152 Å². The molecule has 0 aromatic heterocycles. The number of carbonyl (C=O) groups is 4. The van der Waals surface area contributed by atoms with Crippen LogP contribution in [0.15, 0.2) is 24.3 Å². The van der Waals surface area contributed by atoms with Crippen LogP contribution in [0, 0.1) is 5.92 Å². The number of imide groups is 1. The molecule has 0 unspecified atom stereocenters. The van der Waals surface area contributed by atoms with E-state index in [1.165, 1.54) is 6.92 Å². The van der Waals surface area contributed by atoms with Crippen LogP contribution in [0.5, 0.6) is 0 Å². The maximum atomic E-state index is 12.8. The first-order valence-electron chi connectivity index (χ1n) is 8.86. The fraction of sp³-hybridized carbons (Fsp3) is 0.474. The first-order valence-corrected chi connectivity index (χ1v) is 8.86. The minimum absolute atomic E-state index is 0.175. The lowest BCUT2D eigenvalue weighted by molar-refractivity contribution is -0.135. The lowest BCUT2D eigenvalue weighted by atomic mass is 9.77. The highest BCUT2D eigenvalue weighted by atomic mass is 16.2. The largest absolute Gasteiger partial charge is 0.325 e. The Kier molecular flexibility index (Phi) is 4.80. The molecular weight excluding hydrogens is 334 g/mol. The number of carbonyl (C=O) groups excluding carboxylic acids is 4. The first kappa shape index (κ1) is 18.1. The Bertz CT molecular complexity index is 766. The summed E-state index contributed by atoms with van der Waals surface area (Å²) in [5, 5.41) is 5.42. The Balaban J connectivity index is 1.69. The highest BCUT2D eigenvalue weighted by Crippen LogP contribution is 2.36. The molecular formula is C19H23N3O4. The molecule has 1 saturated carbocycles. The Hall–Kier alpha value is -2.70. The molecule has 1 aromatic carbocycles. The van der Waals surface area contributed by atoms with Gasteiger partial charge in [0.25, 0.3) is 5.91 Å². The van der Waals surface area contributed by atoms with E-state index in [2.05, 4.69) is 17.6 Å². The van der Waals surface area contributed by atoms with Crippen LogP contribution in [0.25, 0.3) is 0 Å². The van der Waals surface area contributed by atoms with Crippen LogP contribution in [0.2, 0.25) is 0 Å². The van der Waals surface area contributed by atoms with Gasteiger partial charge in [-0.25, -0.2) is 4.79 Å². The summed E-state index contributed by atoms with van der Waals surface area (Å²) in [4.78, 5) is 50.0. The normalized spacial score (nSPS) is 25.3. The van der Waals surface area contributed by atoms with E-state index in [4.69, 9.17) is 0 Å². The lowest BCUT2D eigenvalue weighted by Gasteiger charge is -2.33. The predicted octanol–water partition coefficient (Wildman–Crippen LogP) is 2.33. The summed E-state index contributed by atoms with van der Waals surface area (Å²) in [7, 11) is 0. The van der Waals surface area contributed by atoms with Gasteiger partial charge in [-0.2, -0.15) is 0 Å². The molecule has 1 spiro atoms. The number of nitrogens with zero attached hydrogens (tertiary/aromatic N) is 1. The van der Waals surface area contributed by atoms with Crippen molar-refractivity contribution in [2.24, 2.45) is 5.92 Å². The van der Waals surface area contributed by atoms with Crippen molar-refractivity contribution in [2.75, 3.05) is 11.9 Å². The molecule has 1 saturated heterocycles. The molecule has 2 fully saturated rings. The Morgan fingerprint density at radius 2 is 1.88 bits per heavy atom. The molecule has 1 aromatic rings. The number of rotatable bonds is 4. The Morgan fingerprint density at radius 3 is 2.54 bits per heavy atom. The number of benzene rings is 1. The zero-order valence-electron chi connectivity index (χ0n) is 15.0. The summed E-state index contributed by atoms with van der Waals surface area (Å²) in [6, 6.07) is 6.11. The minimum atomic E-state index is -0.860. The van der Waals surface area contributed by atoms with E-state index in [9.17, 15) is 19.2 Å². The van der Waals surface area contributed by atoms with Gasteiger partial charge >= 0.3 is 6.03 Å². The molecule has 26 heavy (non-hydrogen) atoms. The summed E-state index contributed by atoms with van der Waals surface area (Å²) in [5.41, 5.74) is -0.102. The second kappa shape index (κ2) is 6.90. The maximum absolute atomic E-state index is 12.8. The topological polar surface area (TPSA) is 95.6 Å². The Morgan fingerprint density at radius 1 is 1.23 bits per heavy atom. The van der Waals surface area contributed by atoms with Crippen LogP contribution in [0.4, 0.5) is 10.5 Å². The fourth-order valence-corrected chi connectivity index (χ4v) is 3.65. The number of nitrogens with one attached hydrogen (secondary N) is 2. The summed E-state index contributed by atoms with van der Waals surface area (Å²) < 4.78 is 0. The van der Waals surface area contributed by atoms with Crippen molar-refractivity contribution in [2.45, 2.75) is 45.1 Å². The van der Waals surface area contributed by atoms with Crippen molar-refractivity contribution in [1.29, 1.82) is 0 Å². The number of hydrogen-bond donors (Lipinski definition) is 2. The molecule has 0 radical (unpaired) electrons. The van der Waals surface area contributed by atoms with E-state index in [1.807, 2.05) is 0 Å². The average Bonchev–Trinajstić information content (AvgIpc) is 2.82. The number of Topliss-reactive ketones (excluding diaryl/α,β-unsaturated/α-hetero) is 1. The van der Waals surface area contributed by atoms with E-state index in [0.717, 1.165) is 17.7 Å². The molecule has 2 N–H and O–H groups in total. The third-order valence-corrected chi connectivity index (χ3v) is 5.26. The second-order valence-electron chi connectivity index (χ2n) is 7.24. The highest BCUT2D eigenvalue weighted by Gasteiger charge is 2.52. The number of hydrogen-bond acceptors (Lipinski definition) is 4. The van der Waals surface area contributed by atoms with Crippen molar-refractivity contribution in [3.63, 3.8) is 0 Å². The SMILES string of the molecule is CC(=O)c1ccccc1NC(=O)CN1C(=O)NC2(CCC(C)CC2)C1=O. The number of amides is 4. The van der Waals surface area contributed by atoms with Gasteiger partial charge in [0.1, 0.15) is 12.1 Å². The number of para-hydroxylation sites is 1. The fourth-order valence-electron chi connectivity index (χ4n) is 3.65. The molecule has 1 aliphatic carbocycles. The van der Waals surface area contributed by atoms with Gasteiger partial charge in [0.2, 0.25) is 5.91 Å². The van der Waals surface area contributed by atoms with Crippen molar-refractivity contribution in [3.05, 3.63) is 29.8 Å². The molecule has 0 bridgehead atoms. The van der Waals surface area contributed by atoms with Gasteiger partial charge in [-0.3, -0.25) is 19.3 Å². The van der Waals surface area contributed by atoms with Gasteiger partial charge in [-0.15, -0.1) is 0 Å². The van der Waals surface area contributed by atoms with Crippen molar-refractivity contribution >= 4 is 29.3 Å². The molecule has 4 amide bonds. The summed E-state index contributed by atoms with van der Waals surface area (Å²) >= 11 is 0. The van der Waals surface area contributed by atoms with Crippen LogP contribution in [0.3, 0.4) is 0 Å². The molecule has 1 aliphatic heterocycles. The molecule has 7 nitrogen and oxygen atoms in total. The van der Waals surface area contributed by atoms with Crippen LogP contribution >= 0.6 is 0 Å². The van der Waals surface area contributed by atoms with E-state index in [1.54, 1.807) is 24.3 Å². The molecule has 1 heterocycles. The predicted molar refractivity (Wildman–Crippen MR) is 95.7 cm³/mol. The summed E-state index contributed by atoms with van der Waals surface area (Å²) in [5.74, 6) is -0.482. The number of urea groups is 1. The van der Waals surface area contributed by atoms with Crippen LogP contribution in [-0.2, 0) is 9.59 Å². The van der Waals surface area contributed by atoms with Gasteiger partial charge < -0.3 is 10.6 Å². The van der Waals surface area contributed by atoms with Crippen molar-refractivity contribution in [1.82, 2.24) is 10.2 Å². The quantitative estimate of drug-likeness (QED) is 0.638.